The minimum Gasteiger partial charge on any atom is -0.493 e. The highest BCUT2D eigenvalue weighted by Gasteiger charge is 2.34. The van der Waals surface area contributed by atoms with Crippen LogP contribution in [0.5, 0.6) is 5.75 Å². The standard InChI is InChI=1S/C29H37FN4O4/c1-15-12-22(24(13-23(15)30)38-14-18-4-5-18)26-21-10-11-31-27(21)25(16(2)32-26)29(37)34-20-8-6-19(7-9-20)33-28(36)17(3)35/h10-13,17-20,26,31-32,35H,4-9,14H2,1-3H3,(H,33,36)(H,34,37). The first kappa shape index (κ1) is 26.3. The van der Waals surface area contributed by atoms with Crippen LogP contribution in [0.2, 0.25) is 0 Å². The Bertz CT molecular complexity index is 1240. The van der Waals surface area contributed by atoms with E-state index in [4.69, 9.17) is 4.74 Å². The molecule has 2 aromatic rings. The van der Waals surface area contributed by atoms with Crippen molar-refractivity contribution >= 4 is 17.4 Å². The van der Waals surface area contributed by atoms with Crippen molar-refractivity contribution in [3.8, 4) is 5.75 Å². The van der Waals surface area contributed by atoms with Gasteiger partial charge in [-0.2, -0.15) is 0 Å². The SMILES string of the molecule is CC1=C(C(=O)NC2CCC(NC(=O)C(C)O)CC2)c2[nH]ccc2C(c2cc(C)c(F)cc2OCC2CC2)N1. The van der Waals surface area contributed by atoms with Gasteiger partial charge >= 0.3 is 0 Å². The number of carbonyl (C=O) groups excluding carboxylic acids is 2. The second-order valence-electron chi connectivity index (χ2n) is 11.0. The fourth-order valence-corrected chi connectivity index (χ4v) is 5.41. The van der Waals surface area contributed by atoms with E-state index in [2.05, 4.69) is 20.9 Å². The Balaban J connectivity index is 1.31. The molecule has 2 fully saturated rings. The van der Waals surface area contributed by atoms with Crippen molar-refractivity contribution < 1.29 is 23.8 Å². The number of hydrogen-bond donors (Lipinski definition) is 5. The van der Waals surface area contributed by atoms with E-state index in [1.54, 1.807) is 6.92 Å². The predicted molar refractivity (Wildman–Crippen MR) is 142 cm³/mol. The molecule has 1 aliphatic heterocycles. The van der Waals surface area contributed by atoms with E-state index in [-0.39, 0.29) is 35.8 Å². The van der Waals surface area contributed by atoms with Crippen LogP contribution >= 0.6 is 0 Å². The second kappa shape index (κ2) is 10.8. The van der Waals surface area contributed by atoms with Crippen LogP contribution in [0.4, 0.5) is 4.39 Å². The third-order valence-electron chi connectivity index (χ3n) is 7.86. The number of carbonyl (C=O) groups is 2. The normalized spacial score (nSPS) is 23.8. The zero-order valence-corrected chi connectivity index (χ0v) is 22.2. The van der Waals surface area contributed by atoms with Gasteiger partial charge in [-0.3, -0.25) is 9.59 Å². The third kappa shape index (κ3) is 5.57. The summed E-state index contributed by atoms with van der Waals surface area (Å²) in [7, 11) is 0. The van der Waals surface area contributed by atoms with Crippen molar-refractivity contribution in [1.29, 1.82) is 0 Å². The first-order chi connectivity index (χ1) is 18.2. The molecule has 2 saturated carbocycles. The molecule has 5 N–H and O–H groups in total. The molecule has 2 heterocycles. The van der Waals surface area contributed by atoms with E-state index in [1.807, 2.05) is 25.3 Å². The minimum atomic E-state index is -1.03. The van der Waals surface area contributed by atoms with Gasteiger partial charge in [0.25, 0.3) is 5.91 Å². The van der Waals surface area contributed by atoms with Crippen molar-refractivity contribution in [2.24, 2.45) is 5.92 Å². The second-order valence-corrected chi connectivity index (χ2v) is 11.0. The number of aromatic nitrogens is 1. The zero-order chi connectivity index (χ0) is 27.0. The Kier molecular flexibility index (Phi) is 7.47. The lowest BCUT2D eigenvalue weighted by atomic mass is 9.88. The van der Waals surface area contributed by atoms with E-state index in [0.29, 0.717) is 29.4 Å². The molecule has 0 spiro atoms. The van der Waals surface area contributed by atoms with Crippen LogP contribution in [0.25, 0.3) is 5.57 Å². The number of amides is 2. The lowest BCUT2D eigenvalue weighted by molar-refractivity contribution is -0.129. The number of hydrogen-bond acceptors (Lipinski definition) is 5. The average molecular weight is 525 g/mol. The van der Waals surface area contributed by atoms with Gasteiger partial charge < -0.3 is 30.8 Å². The summed E-state index contributed by atoms with van der Waals surface area (Å²) < 4.78 is 20.6. The van der Waals surface area contributed by atoms with Crippen molar-refractivity contribution in [2.75, 3.05) is 6.61 Å². The number of aliphatic hydroxyl groups excluding tert-OH is 1. The summed E-state index contributed by atoms with van der Waals surface area (Å²) in [6.45, 7) is 5.66. The first-order valence-electron chi connectivity index (χ1n) is 13.6. The summed E-state index contributed by atoms with van der Waals surface area (Å²) in [5.74, 6) is 0.254. The lowest BCUT2D eigenvalue weighted by Crippen LogP contribution is -2.46. The molecular weight excluding hydrogens is 487 g/mol. The smallest absolute Gasteiger partial charge is 0.255 e. The molecule has 0 saturated heterocycles. The number of rotatable bonds is 8. The van der Waals surface area contributed by atoms with Crippen molar-refractivity contribution in [3.05, 3.63) is 58.3 Å². The van der Waals surface area contributed by atoms with Crippen LogP contribution in [-0.2, 0) is 9.59 Å². The van der Waals surface area contributed by atoms with Gasteiger partial charge in [-0.15, -0.1) is 0 Å². The highest BCUT2D eigenvalue weighted by Crippen LogP contribution is 2.40. The molecule has 1 aromatic carbocycles. The first-order valence-corrected chi connectivity index (χ1v) is 13.6. The maximum absolute atomic E-state index is 14.5. The Hall–Kier alpha value is -3.33. The number of fused-ring (bicyclic) bond motifs is 1. The van der Waals surface area contributed by atoms with Crippen LogP contribution in [0.3, 0.4) is 0 Å². The summed E-state index contributed by atoms with van der Waals surface area (Å²) in [5, 5.41) is 19.0. The monoisotopic (exact) mass is 524 g/mol. The van der Waals surface area contributed by atoms with Crippen LogP contribution < -0.4 is 20.7 Å². The molecule has 1 aromatic heterocycles. The number of benzene rings is 1. The highest BCUT2D eigenvalue weighted by atomic mass is 19.1. The minimum absolute atomic E-state index is 0.000752. The van der Waals surface area contributed by atoms with Crippen LogP contribution in [0, 0.1) is 18.7 Å². The van der Waals surface area contributed by atoms with Gasteiger partial charge in [0.1, 0.15) is 17.7 Å². The zero-order valence-electron chi connectivity index (χ0n) is 22.2. The van der Waals surface area contributed by atoms with Gasteiger partial charge in [-0.05, 0) is 82.9 Å². The van der Waals surface area contributed by atoms with Crippen LogP contribution in [0.15, 0.2) is 30.1 Å². The molecule has 8 nitrogen and oxygen atoms in total. The average Bonchev–Trinajstić information content (AvgIpc) is 3.59. The summed E-state index contributed by atoms with van der Waals surface area (Å²) in [4.78, 5) is 28.5. The van der Waals surface area contributed by atoms with E-state index >= 15 is 0 Å². The molecule has 0 radical (unpaired) electrons. The number of ether oxygens (including phenoxy) is 1. The molecule has 38 heavy (non-hydrogen) atoms. The van der Waals surface area contributed by atoms with Crippen molar-refractivity contribution in [2.45, 2.75) is 83.5 Å². The number of H-pyrrole nitrogens is 1. The Morgan fingerprint density at radius 3 is 2.42 bits per heavy atom. The Labute approximate surface area is 222 Å². The molecule has 0 bridgehead atoms. The van der Waals surface area contributed by atoms with Gasteiger partial charge in [0.2, 0.25) is 5.91 Å². The molecule has 9 heteroatoms. The van der Waals surface area contributed by atoms with Crippen molar-refractivity contribution in [3.63, 3.8) is 0 Å². The van der Waals surface area contributed by atoms with E-state index in [9.17, 15) is 19.1 Å². The Morgan fingerprint density at radius 2 is 1.76 bits per heavy atom. The predicted octanol–water partition coefficient (Wildman–Crippen LogP) is 3.60. The number of aliphatic hydroxyl groups is 1. The number of aromatic amines is 1. The molecule has 204 valence electrons. The van der Waals surface area contributed by atoms with E-state index in [0.717, 1.165) is 61.0 Å². The summed E-state index contributed by atoms with van der Waals surface area (Å²) >= 11 is 0. The van der Waals surface area contributed by atoms with Crippen molar-refractivity contribution in [1.82, 2.24) is 20.9 Å². The quantitative estimate of drug-likeness (QED) is 0.362. The van der Waals surface area contributed by atoms with Gasteiger partial charge in [0, 0.05) is 41.2 Å². The van der Waals surface area contributed by atoms with Gasteiger partial charge in [0.15, 0.2) is 0 Å². The number of allylic oxidation sites excluding steroid dienone is 1. The topological polar surface area (TPSA) is 115 Å². The summed E-state index contributed by atoms with van der Waals surface area (Å²) in [5.41, 5.74) is 4.34. The summed E-state index contributed by atoms with van der Waals surface area (Å²) in [6, 6.07) is 4.98. The highest BCUT2D eigenvalue weighted by molar-refractivity contribution is 6.20. The van der Waals surface area contributed by atoms with E-state index in [1.165, 1.54) is 13.0 Å². The number of nitrogens with one attached hydrogen (secondary N) is 4. The maximum Gasteiger partial charge on any atom is 0.255 e. The third-order valence-corrected chi connectivity index (χ3v) is 7.86. The summed E-state index contributed by atoms with van der Waals surface area (Å²) in [6.07, 6.45) is 6.05. The Morgan fingerprint density at radius 1 is 1.08 bits per heavy atom. The number of aryl methyl sites for hydroxylation is 1. The fraction of sp³-hybridized carbons (Fsp3) is 0.517. The molecular formula is C29H37FN4O4. The van der Waals surface area contributed by atoms with Crippen LogP contribution in [-0.4, -0.2) is 46.7 Å². The van der Waals surface area contributed by atoms with Gasteiger partial charge in [-0.1, -0.05) is 0 Å². The molecule has 3 aliphatic rings. The maximum atomic E-state index is 14.5. The molecule has 2 atom stereocenters. The van der Waals surface area contributed by atoms with Gasteiger partial charge in [-0.25, -0.2) is 4.39 Å². The largest absolute Gasteiger partial charge is 0.493 e. The van der Waals surface area contributed by atoms with E-state index < -0.39 is 6.10 Å². The fourth-order valence-electron chi connectivity index (χ4n) is 5.41. The number of halogens is 1. The molecule has 2 unspecified atom stereocenters. The molecule has 5 rings (SSSR count). The molecule has 2 amide bonds. The lowest BCUT2D eigenvalue weighted by Gasteiger charge is -2.32. The molecule has 2 aliphatic carbocycles. The van der Waals surface area contributed by atoms with Gasteiger partial charge in [0.05, 0.1) is 23.9 Å². The van der Waals surface area contributed by atoms with Crippen LogP contribution in [0.1, 0.15) is 80.8 Å².